The number of fused-ring (bicyclic) bond motifs is 1. The van der Waals surface area contributed by atoms with Crippen LogP contribution in [0.15, 0.2) is 49.2 Å². The molecule has 0 radical (unpaired) electrons. The number of hydrogen-bond donors (Lipinski definition) is 2. The molecule has 0 spiro atoms. The Labute approximate surface area is 188 Å². The topological polar surface area (TPSA) is 106 Å². The molecule has 10 heteroatoms. The number of ether oxygens (including phenoxy) is 1. The molecule has 8 nitrogen and oxygen atoms in total. The fourth-order valence-electron chi connectivity index (χ4n) is 3.45. The fraction of sp³-hybridized carbons (Fsp3) is 0.261. The van der Waals surface area contributed by atoms with Gasteiger partial charge < -0.3 is 10.1 Å². The standard InChI is InChI=1S/C23H22F2N6O2/c1-23(2,3)33-22(32)30-19(6-13-4-16(24)8-17(25)5-13)20-18(11-26-12-28-20)14-7-15-10-29-31-21(15)27-9-14/h4-5,7-12,19H,6H2,1-3H3,(H,30,32)(H,27,29,31). The molecule has 1 aromatic carbocycles. The molecule has 4 aromatic rings. The van der Waals surface area contributed by atoms with Crippen molar-refractivity contribution in [2.45, 2.75) is 38.8 Å². The van der Waals surface area contributed by atoms with E-state index < -0.39 is 29.4 Å². The maximum atomic E-state index is 13.8. The van der Waals surface area contributed by atoms with Crippen LogP contribution in [0.2, 0.25) is 0 Å². The fourth-order valence-corrected chi connectivity index (χ4v) is 3.45. The normalized spacial score (nSPS) is 12.5. The summed E-state index contributed by atoms with van der Waals surface area (Å²) in [7, 11) is 0. The van der Waals surface area contributed by atoms with Crippen LogP contribution in [0.25, 0.3) is 22.2 Å². The second-order valence-corrected chi connectivity index (χ2v) is 8.53. The first-order chi connectivity index (χ1) is 15.7. The van der Waals surface area contributed by atoms with E-state index >= 15 is 0 Å². The van der Waals surface area contributed by atoms with Crippen molar-refractivity contribution < 1.29 is 18.3 Å². The molecule has 0 saturated heterocycles. The predicted molar refractivity (Wildman–Crippen MR) is 117 cm³/mol. The second-order valence-electron chi connectivity index (χ2n) is 8.53. The summed E-state index contributed by atoms with van der Waals surface area (Å²) in [6.07, 6.45) is 5.60. The van der Waals surface area contributed by atoms with Gasteiger partial charge in [-0.25, -0.2) is 28.5 Å². The van der Waals surface area contributed by atoms with Crippen molar-refractivity contribution in [3.05, 3.63) is 72.1 Å². The highest BCUT2D eigenvalue weighted by Gasteiger charge is 2.25. The number of nitrogens with zero attached hydrogens (tertiary/aromatic N) is 4. The molecule has 33 heavy (non-hydrogen) atoms. The van der Waals surface area contributed by atoms with Gasteiger partial charge in [0.1, 0.15) is 23.6 Å². The predicted octanol–water partition coefficient (Wildman–Crippen LogP) is 4.50. The van der Waals surface area contributed by atoms with Gasteiger partial charge in [-0.05, 0) is 51.0 Å². The molecule has 0 aliphatic carbocycles. The van der Waals surface area contributed by atoms with Crippen molar-refractivity contribution in [3.63, 3.8) is 0 Å². The number of amides is 1. The lowest BCUT2D eigenvalue weighted by atomic mass is 9.97. The molecule has 3 aromatic heterocycles. The first-order valence-electron chi connectivity index (χ1n) is 10.2. The molecule has 1 unspecified atom stereocenters. The minimum Gasteiger partial charge on any atom is -0.444 e. The molecule has 170 valence electrons. The maximum Gasteiger partial charge on any atom is 0.408 e. The zero-order chi connectivity index (χ0) is 23.6. The minimum atomic E-state index is -0.765. The van der Waals surface area contributed by atoms with Crippen LogP contribution < -0.4 is 5.32 Å². The van der Waals surface area contributed by atoms with E-state index in [9.17, 15) is 13.6 Å². The lowest BCUT2D eigenvalue weighted by molar-refractivity contribution is 0.0502. The van der Waals surface area contributed by atoms with E-state index in [1.165, 1.54) is 18.5 Å². The molecule has 0 saturated carbocycles. The summed E-state index contributed by atoms with van der Waals surface area (Å²) in [5.74, 6) is -1.42. The quantitative estimate of drug-likeness (QED) is 0.462. The molecular weight excluding hydrogens is 430 g/mol. The summed E-state index contributed by atoms with van der Waals surface area (Å²) < 4.78 is 33.1. The van der Waals surface area contributed by atoms with Gasteiger partial charge in [0.05, 0.1) is 17.9 Å². The second kappa shape index (κ2) is 8.89. The van der Waals surface area contributed by atoms with E-state index in [-0.39, 0.29) is 6.42 Å². The molecule has 0 fully saturated rings. The Morgan fingerprint density at radius 1 is 1.09 bits per heavy atom. The molecule has 2 N–H and O–H groups in total. The number of rotatable bonds is 5. The third-order valence-corrected chi connectivity index (χ3v) is 4.73. The SMILES string of the molecule is CC(C)(C)OC(=O)NC(Cc1cc(F)cc(F)c1)c1ncncc1-c1cnc2[nH]ncc2c1. The van der Waals surface area contributed by atoms with E-state index in [0.29, 0.717) is 28.0 Å². The number of carbonyl (C=O) groups excluding carboxylic acids is 1. The first kappa shape index (κ1) is 22.3. The summed E-state index contributed by atoms with van der Waals surface area (Å²) in [6.45, 7) is 5.22. The first-order valence-corrected chi connectivity index (χ1v) is 10.2. The van der Waals surface area contributed by atoms with Crippen molar-refractivity contribution in [2.24, 2.45) is 0 Å². The Kier molecular flexibility index (Phi) is 5.99. The van der Waals surface area contributed by atoms with E-state index in [2.05, 4.69) is 30.5 Å². The highest BCUT2D eigenvalue weighted by molar-refractivity contribution is 5.81. The van der Waals surface area contributed by atoms with Gasteiger partial charge in [-0.1, -0.05) is 0 Å². The van der Waals surface area contributed by atoms with Crippen LogP contribution in [0, 0.1) is 11.6 Å². The number of H-pyrrole nitrogens is 1. The van der Waals surface area contributed by atoms with Gasteiger partial charge in [-0.3, -0.25) is 5.10 Å². The average Bonchev–Trinajstić information content (AvgIpc) is 3.19. The number of aromatic nitrogens is 5. The number of halogens is 2. The number of nitrogens with one attached hydrogen (secondary N) is 2. The third-order valence-electron chi connectivity index (χ3n) is 4.73. The van der Waals surface area contributed by atoms with Crippen LogP contribution in [-0.2, 0) is 11.2 Å². The maximum absolute atomic E-state index is 13.8. The molecule has 0 aliphatic rings. The van der Waals surface area contributed by atoms with E-state index in [0.717, 1.165) is 11.5 Å². The van der Waals surface area contributed by atoms with Gasteiger partial charge in [0.25, 0.3) is 0 Å². The Morgan fingerprint density at radius 2 is 1.85 bits per heavy atom. The van der Waals surface area contributed by atoms with Gasteiger partial charge in [0, 0.05) is 35.0 Å². The van der Waals surface area contributed by atoms with Gasteiger partial charge in [0.2, 0.25) is 0 Å². The molecule has 3 heterocycles. The van der Waals surface area contributed by atoms with Crippen LogP contribution in [-0.4, -0.2) is 36.8 Å². The molecule has 0 bridgehead atoms. The molecule has 1 amide bonds. The summed E-state index contributed by atoms with van der Waals surface area (Å²) in [6, 6.07) is 4.32. The van der Waals surface area contributed by atoms with Crippen molar-refractivity contribution >= 4 is 17.1 Å². The van der Waals surface area contributed by atoms with Crippen LogP contribution >= 0.6 is 0 Å². The average molecular weight is 452 g/mol. The smallest absolute Gasteiger partial charge is 0.408 e. The molecular formula is C23H22F2N6O2. The number of benzene rings is 1. The largest absolute Gasteiger partial charge is 0.444 e. The van der Waals surface area contributed by atoms with E-state index in [1.807, 2.05) is 6.07 Å². The Balaban J connectivity index is 1.75. The van der Waals surface area contributed by atoms with Gasteiger partial charge in [-0.15, -0.1) is 0 Å². The molecule has 0 aliphatic heterocycles. The monoisotopic (exact) mass is 452 g/mol. The number of aromatic amines is 1. The van der Waals surface area contributed by atoms with Crippen LogP contribution in [0.5, 0.6) is 0 Å². The summed E-state index contributed by atoms with van der Waals surface area (Å²) in [4.78, 5) is 25.5. The van der Waals surface area contributed by atoms with E-state index in [1.54, 1.807) is 39.4 Å². The van der Waals surface area contributed by atoms with Crippen LogP contribution in [0.1, 0.15) is 38.1 Å². The van der Waals surface area contributed by atoms with Crippen molar-refractivity contribution in [3.8, 4) is 11.1 Å². The molecule has 1 atom stereocenters. The highest BCUT2D eigenvalue weighted by atomic mass is 19.1. The highest BCUT2D eigenvalue weighted by Crippen LogP contribution is 2.29. The third kappa shape index (κ3) is 5.46. The number of carbonyl (C=O) groups is 1. The Morgan fingerprint density at radius 3 is 2.58 bits per heavy atom. The minimum absolute atomic E-state index is 0.0688. The zero-order valence-electron chi connectivity index (χ0n) is 18.3. The van der Waals surface area contributed by atoms with Crippen molar-refractivity contribution in [2.75, 3.05) is 0 Å². The summed E-state index contributed by atoms with van der Waals surface area (Å²) in [5.41, 5.74) is 1.99. The number of alkyl carbamates (subject to hydrolysis) is 1. The van der Waals surface area contributed by atoms with Gasteiger partial charge in [-0.2, -0.15) is 5.10 Å². The van der Waals surface area contributed by atoms with Crippen molar-refractivity contribution in [1.29, 1.82) is 0 Å². The van der Waals surface area contributed by atoms with Crippen LogP contribution in [0.3, 0.4) is 0 Å². The van der Waals surface area contributed by atoms with Crippen molar-refractivity contribution in [1.82, 2.24) is 30.5 Å². The molecule has 4 rings (SSSR count). The number of hydrogen-bond acceptors (Lipinski definition) is 6. The number of pyridine rings is 1. The van der Waals surface area contributed by atoms with Crippen LogP contribution in [0.4, 0.5) is 13.6 Å². The Hall–Kier alpha value is -3.95. The zero-order valence-corrected chi connectivity index (χ0v) is 18.3. The Bertz CT molecular complexity index is 1280. The lowest BCUT2D eigenvalue weighted by Crippen LogP contribution is -2.36. The summed E-state index contributed by atoms with van der Waals surface area (Å²) >= 11 is 0. The lowest BCUT2D eigenvalue weighted by Gasteiger charge is -2.24. The van der Waals surface area contributed by atoms with E-state index in [4.69, 9.17) is 4.74 Å². The summed E-state index contributed by atoms with van der Waals surface area (Å²) in [5, 5.41) is 10.3. The van der Waals surface area contributed by atoms with Gasteiger partial charge in [0.15, 0.2) is 5.65 Å². The van der Waals surface area contributed by atoms with Gasteiger partial charge >= 0.3 is 6.09 Å².